The molecule has 1 atom stereocenters. The molecule has 0 aliphatic carbocycles. The molecule has 0 amide bonds. The molecule has 188 valence electrons. The van der Waals surface area contributed by atoms with Crippen molar-refractivity contribution in [2.24, 2.45) is 0 Å². The molecule has 6 rings (SSSR count). The summed E-state index contributed by atoms with van der Waals surface area (Å²) < 4.78 is 19.3. The SMILES string of the molecule is C.COc1ccc(COc2cc3c(cc2OC)C2Cc4c(n(CO)c5ccccc45)CN2CC3)cc1. The minimum atomic E-state index is 0. The van der Waals surface area contributed by atoms with Crippen LogP contribution in [0.15, 0.2) is 60.7 Å². The lowest BCUT2D eigenvalue weighted by molar-refractivity contribution is 0.145. The fraction of sp³-hybridized carbons (Fsp3) is 0.333. The van der Waals surface area contributed by atoms with Gasteiger partial charge in [0.2, 0.25) is 0 Å². The van der Waals surface area contributed by atoms with Crippen molar-refractivity contribution in [1.29, 1.82) is 0 Å². The monoisotopic (exact) mass is 486 g/mol. The van der Waals surface area contributed by atoms with Crippen LogP contribution in [-0.4, -0.2) is 35.3 Å². The molecule has 3 aromatic carbocycles. The van der Waals surface area contributed by atoms with E-state index < -0.39 is 0 Å². The van der Waals surface area contributed by atoms with E-state index in [0.717, 1.165) is 54.3 Å². The highest BCUT2D eigenvalue weighted by molar-refractivity contribution is 5.86. The lowest BCUT2D eigenvalue weighted by Gasteiger charge is -2.41. The van der Waals surface area contributed by atoms with Crippen molar-refractivity contribution in [2.75, 3.05) is 20.8 Å². The van der Waals surface area contributed by atoms with E-state index in [0.29, 0.717) is 6.61 Å². The first-order valence-electron chi connectivity index (χ1n) is 12.1. The number of para-hydroxylation sites is 1. The van der Waals surface area contributed by atoms with Gasteiger partial charge >= 0.3 is 0 Å². The average Bonchev–Trinajstić information content (AvgIpc) is 3.22. The molecule has 1 N–H and O–H groups in total. The van der Waals surface area contributed by atoms with E-state index in [1.54, 1.807) is 14.2 Å². The molecule has 0 saturated carbocycles. The Morgan fingerprint density at radius 1 is 0.972 bits per heavy atom. The summed E-state index contributed by atoms with van der Waals surface area (Å²) in [4.78, 5) is 2.53. The smallest absolute Gasteiger partial charge is 0.161 e. The topological polar surface area (TPSA) is 56.1 Å². The summed E-state index contributed by atoms with van der Waals surface area (Å²) in [7, 11) is 3.37. The molecule has 36 heavy (non-hydrogen) atoms. The van der Waals surface area contributed by atoms with Gasteiger partial charge in [0, 0.05) is 30.2 Å². The van der Waals surface area contributed by atoms with Crippen molar-refractivity contribution in [3.8, 4) is 17.2 Å². The number of methoxy groups -OCH3 is 2. The van der Waals surface area contributed by atoms with Gasteiger partial charge in [0.05, 0.1) is 19.7 Å². The normalized spacial score (nSPS) is 16.5. The first kappa shape index (κ1) is 24.2. The first-order valence-corrected chi connectivity index (χ1v) is 12.1. The van der Waals surface area contributed by atoms with Crippen molar-refractivity contribution in [3.05, 3.63) is 88.6 Å². The molecule has 0 radical (unpaired) electrons. The zero-order valence-electron chi connectivity index (χ0n) is 20.2. The Morgan fingerprint density at radius 2 is 1.78 bits per heavy atom. The van der Waals surface area contributed by atoms with Crippen molar-refractivity contribution in [1.82, 2.24) is 9.47 Å². The molecule has 0 fully saturated rings. The molecule has 1 aromatic heterocycles. The van der Waals surface area contributed by atoms with Gasteiger partial charge in [-0.2, -0.15) is 0 Å². The quantitative estimate of drug-likeness (QED) is 0.391. The van der Waals surface area contributed by atoms with Crippen molar-refractivity contribution < 1.29 is 19.3 Å². The van der Waals surface area contributed by atoms with Gasteiger partial charge in [-0.05, 0) is 65.4 Å². The molecule has 0 spiro atoms. The third-order valence-corrected chi connectivity index (χ3v) is 7.53. The van der Waals surface area contributed by atoms with Crippen LogP contribution >= 0.6 is 0 Å². The molecular formula is C30H34N2O4. The average molecular weight is 487 g/mol. The highest BCUT2D eigenvalue weighted by Crippen LogP contribution is 2.44. The summed E-state index contributed by atoms with van der Waals surface area (Å²) in [6, 6.07) is 21.0. The van der Waals surface area contributed by atoms with Crippen LogP contribution in [-0.2, 0) is 32.7 Å². The number of rotatable bonds is 6. The number of hydrogen-bond donors (Lipinski definition) is 1. The molecule has 0 bridgehead atoms. The van der Waals surface area contributed by atoms with Gasteiger partial charge in [-0.15, -0.1) is 0 Å². The second-order valence-electron chi connectivity index (χ2n) is 9.29. The van der Waals surface area contributed by atoms with Crippen molar-refractivity contribution in [2.45, 2.75) is 46.2 Å². The van der Waals surface area contributed by atoms with Gasteiger partial charge in [-0.3, -0.25) is 4.90 Å². The molecule has 3 heterocycles. The number of aromatic nitrogens is 1. The highest BCUT2D eigenvalue weighted by atomic mass is 16.5. The summed E-state index contributed by atoms with van der Waals surface area (Å²) in [6.45, 7) is 2.30. The second-order valence-corrected chi connectivity index (χ2v) is 9.29. The fourth-order valence-electron chi connectivity index (χ4n) is 5.73. The molecular weight excluding hydrogens is 452 g/mol. The predicted octanol–water partition coefficient (Wildman–Crippen LogP) is 5.48. The van der Waals surface area contributed by atoms with E-state index >= 15 is 0 Å². The summed E-state index contributed by atoms with van der Waals surface area (Å²) in [5.74, 6) is 2.38. The van der Waals surface area contributed by atoms with Crippen LogP contribution in [0.5, 0.6) is 17.2 Å². The van der Waals surface area contributed by atoms with Crippen molar-refractivity contribution in [3.63, 3.8) is 0 Å². The van der Waals surface area contributed by atoms with Crippen LogP contribution in [0.1, 0.15) is 41.4 Å². The first-order chi connectivity index (χ1) is 17.2. The van der Waals surface area contributed by atoms with E-state index in [4.69, 9.17) is 14.2 Å². The summed E-state index contributed by atoms with van der Waals surface area (Å²) >= 11 is 0. The minimum Gasteiger partial charge on any atom is -0.497 e. The number of nitrogens with zero attached hydrogens (tertiary/aromatic N) is 2. The Balaban J connectivity index is 0.00000267. The van der Waals surface area contributed by atoms with Gasteiger partial charge in [-0.25, -0.2) is 0 Å². The number of hydrogen-bond acceptors (Lipinski definition) is 5. The highest BCUT2D eigenvalue weighted by Gasteiger charge is 2.35. The Kier molecular flexibility index (Phi) is 6.65. The van der Waals surface area contributed by atoms with Crippen LogP contribution in [0.4, 0.5) is 0 Å². The third-order valence-electron chi connectivity index (χ3n) is 7.53. The lowest BCUT2D eigenvalue weighted by Crippen LogP contribution is -2.39. The van der Waals surface area contributed by atoms with Gasteiger partial charge in [0.1, 0.15) is 19.1 Å². The summed E-state index contributed by atoms with van der Waals surface area (Å²) in [5.41, 5.74) is 7.42. The maximum absolute atomic E-state index is 10.1. The van der Waals surface area contributed by atoms with Gasteiger partial charge in [0.25, 0.3) is 0 Å². The molecule has 6 heteroatoms. The van der Waals surface area contributed by atoms with Crippen LogP contribution in [0.3, 0.4) is 0 Å². The molecule has 6 nitrogen and oxygen atoms in total. The fourth-order valence-corrected chi connectivity index (χ4v) is 5.73. The Morgan fingerprint density at radius 3 is 2.53 bits per heavy atom. The summed E-state index contributed by atoms with van der Waals surface area (Å²) in [5, 5.41) is 11.3. The molecule has 2 aliphatic heterocycles. The molecule has 1 unspecified atom stereocenters. The van der Waals surface area contributed by atoms with Crippen LogP contribution in [0, 0.1) is 0 Å². The van der Waals surface area contributed by atoms with Crippen molar-refractivity contribution >= 4 is 10.9 Å². The number of aliphatic hydroxyl groups is 1. The number of benzene rings is 3. The lowest BCUT2D eigenvalue weighted by atomic mass is 9.85. The largest absolute Gasteiger partial charge is 0.497 e. The van der Waals surface area contributed by atoms with E-state index in [1.165, 1.54) is 27.8 Å². The van der Waals surface area contributed by atoms with Gasteiger partial charge < -0.3 is 23.9 Å². The predicted molar refractivity (Wildman–Crippen MR) is 142 cm³/mol. The maximum atomic E-state index is 10.1. The van der Waals surface area contributed by atoms with E-state index in [9.17, 15) is 5.11 Å². The van der Waals surface area contributed by atoms with Gasteiger partial charge in [-0.1, -0.05) is 37.8 Å². The minimum absolute atomic E-state index is 0. The zero-order chi connectivity index (χ0) is 23.9. The maximum Gasteiger partial charge on any atom is 0.161 e. The summed E-state index contributed by atoms with van der Waals surface area (Å²) in [6.07, 6.45) is 1.88. The van der Waals surface area contributed by atoms with E-state index in [1.807, 2.05) is 30.3 Å². The Labute approximate surface area is 212 Å². The number of fused-ring (bicyclic) bond motifs is 6. The Bertz CT molecular complexity index is 1380. The van der Waals surface area contributed by atoms with Crippen LogP contribution < -0.4 is 14.2 Å². The van der Waals surface area contributed by atoms with Gasteiger partial charge in [0.15, 0.2) is 11.5 Å². The standard InChI is InChI=1S/C29H30N2O4.CH4/c1-33-21-9-7-19(8-10-21)17-35-29-13-20-11-12-30-16-27-24(14-26(30)23(20)15-28(29)34-2)22-5-3-4-6-25(22)31(27)18-32;/h3-10,13,15,26,32H,11-12,14,16-18H2,1-2H3;1H4. The van der Waals surface area contributed by atoms with E-state index in [2.05, 4.69) is 39.8 Å². The van der Waals surface area contributed by atoms with Crippen LogP contribution in [0.2, 0.25) is 0 Å². The Hall–Kier alpha value is -3.48. The number of ether oxygens (including phenoxy) is 3. The third kappa shape index (κ3) is 4.00. The van der Waals surface area contributed by atoms with E-state index in [-0.39, 0.29) is 20.2 Å². The second kappa shape index (κ2) is 9.88. The van der Waals surface area contributed by atoms with Crippen LogP contribution in [0.25, 0.3) is 10.9 Å². The number of aliphatic hydroxyl groups excluding tert-OH is 1. The molecule has 0 saturated heterocycles. The zero-order valence-corrected chi connectivity index (χ0v) is 20.2. The molecule has 4 aromatic rings. The molecule has 2 aliphatic rings.